The summed E-state index contributed by atoms with van der Waals surface area (Å²) in [5.74, 6) is -21.2. The first-order valence-electron chi connectivity index (χ1n) is 15.7. The topological polar surface area (TPSA) is 316 Å². The molecule has 0 saturated heterocycles. The van der Waals surface area contributed by atoms with E-state index in [2.05, 4.69) is 18.9 Å². The van der Waals surface area contributed by atoms with Crippen molar-refractivity contribution in [3.8, 4) is 0 Å². The van der Waals surface area contributed by atoms with Crippen LogP contribution >= 0.6 is 0 Å². The quantitative estimate of drug-likeness (QED) is 0.0667. The van der Waals surface area contributed by atoms with Gasteiger partial charge in [0.15, 0.2) is 0 Å². The van der Waals surface area contributed by atoms with Gasteiger partial charge in [-0.3, -0.25) is 0 Å². The molecule has 0 bridgehead atoms. The zero-order chi connectivity index (χ0) is 46.6. The van der Waals surface area contributed by atoms with E-state index < -0.39 is 127 Å². The zero-order valence-corrected chi connectivity index (χ0v) is 34.0. The van der Waals surface area contributed by atoms with Crippen LogP contribution in [0.25, 0.3) is 0 Å². The third-order valence-corrected chi connectivity index (χ3v) is 7.14. The van der Waals surface area contributed by atoms with Crippen molar-refractivity contribution in [1.82, 2.24) is 0 Å². The molecule has 0 saturated carbocycles. The molecule has 0 fully saturated rings. The fraction of sp³-hybridized carbons (Fsp3) is 0.333. The van der Waals surface area contributed by atoms with Gasteiger partial charge in [0.1, 0.15) is 0 Å². The molecule has 0 unspecified atom stereocenters. The van der Waals surface area contributed by atoms with E-state index in [-0.39, 0.29) is 12.2 Å². The molecule has 0 aromatic rings. The number of rotatable bonds is 17. The highest BCUT2D eigenvalue weighted by atomic mass is 16.6. The SMILES string of the molecule is COC(=O)\C=C(C(=O)OC)/C(C(=O)OC)=C(C(=O)OC)/C(C(=O)OC)=C(C(=O)OC)/C(C(=O)OC)=C(C(=O)OC)/C(C(=O)OC)=C(C(=O)OC)/C(=C\C(=O)OC)C(=O)OC. The highest BCUT2D eigenvalue weighted by Gasteiger charge is 2.45. The Hall–Kier alpha value is -7.92. The van der Waals surface area contributed by atoms with E-state index in [1.54, 1.807) is 0 Å². The van der Waals surface area contributed by atoms with Gasteiger partial charge in [-0.2, -0.15) is 0 Å². The van der Waals surface area contributed by atoms with E-state index in [1.165, 1.54) is 0 Å². The maximum Gasteiger partial charge on any atom is 0.339 e. The van der Waals surface area contributed by atoms with E-state index in [9.17, 15) is 57.5 Å². The Bertz CT molecular complexity index is 1890. The van der Waals surface area contributed by atoms with Crippen LogP contribution in [0.2, 0.25) is 0 Å². The summed E-state index contributed by atoms with van der Waals surface area (Å²) < 4.78 is 56.4. The number of carbonyl (C=O) groups excluding carboxylic acids is 12. The molecule has 0 amide bonds. The van der Waals surface area contributed by atoms with Gasteiger partial charge in [-0.25, -0.2) is 57.5 Å². The molecule has 0 radical (unpaired) electrons. The second-order valence-corrected chi connectivity index (χ2v) is 10.1. The van der Waals surface area contributed by atoms with E-state index in [0.717, 1.165) is 28.4 Å². The number of methoxy groups -OCH3 is 12. The van der Waals surface area contributed by atoms with Crippen LogP contribution in [0.4, 0.5) is 0 Å². The largest absolute Gasteiger partial charge is 0.466 e. The minimum atomic E-state index is -1.97. The molecular weight excluding hydrogens is 816 g/mol. The van der Waals surface area contributed by atoms with E-state index in [4.69, 9.17) is 37.9 Å². The van der Waals surface area contributed by atoms with Crippen LogP contribution in [0.3, 0.4) is 0 Å². The molecule has 0 heterocycles. The molecule has 0 aromatic carbocycles. The maximum atomic E-state index is 14.1. The lowest BCUT2D eigenvalue weighted by Gasteiger charge is -2.22. The van der Waals surface area contributed by atoms with Crippen LogP contribution in [0.15, 0.2) is 67.9 Å². The summed E-state index contributed by atoms with van der Waals surface area (Å²) >= 11 is 0. The van der Waals surface area contributed by atoms with Gasteiger partial charge in [0.25, 0.3) is 0 Å². The van der Waals surface area contributed by atoms with Gasteiger partial charge < -0.3 is 56.8 Å². The number of carbonyl (C=O) groups is 12. The zero-order valence-electron chi connectivity index (χ0n) is 34.0. The number of hydrogen-bond donors (Lipinski definition) is 0. The first-order valence-corrected chi connectivity index (χ1v) is 15.7. The van der Waals surface area contributed by atoms with Crippen LogP contribution < -0.4 is 0 Å². The number of esters is 12. The van der Waals surface area contributed by atoms with Gasteiger partial charge >= 0.3 is 71.6 Å². The van der Waals surface area contributed by atoms with Crippen molar-refractivity contribution in [3.63, 3.8) is 0 Å². The Morgan fingerprint density at radius 2 is 0.367 bits per heavy atom. The van der Waals surface area contributed by atoms with Crippen molar-refractivity contribution in [2.24, 2.45) is 0 Å². The van der Waals surface area contributed by atoms with Crippen LogP contribution in [-0.4, -0.2) is 157 Å². The molecular formula is C36H38O24. The highest BCUT2D eigenvalue weighted by Crippen LogP contribution is 2.36. The first kappa shape index (κ1) is 52.1. The lowest BCUT2D eigenvalue weighted by Crippen LogP contribution is -2.31. The monoisotopic (exact) mass is 854 g/mol. The van der Waals surface area contributed by atoms with Crippen LogP contribution in [0, 0.1) is 0 Å². The summed E-state index contributed by atoms with van der Waals surface area (Å²) in [5.41, 5.74) is -15.4. The van der Waals surface area contributed by atoms with Crippen molar-refractivity contribution in [2.75, 3.05) is 85.3 Å². The summed E-state index contributed by atoms with van der Waals surface area (Å²) in [6.45, 7) is 0. The molecule has 0 aliphatic carbocycles. The average Bonchev–Trinajstić information content (AvgIpc) is 3.27. The predicted octanol–water partition coefficient (Wildman–Crippen LogP) is -1.90. The van der Waals surface area contributed by atoms with Crippen LogP contribution in [0.1, 0.15) is 0 Å². The molecule has 0 spiro atoms. The van der Waals surface area contributed by atoms with Crippen molar-refractivity contribution in [3.05, 3.63) is 67.9 Å². The minimum absolute atomic E-state index is 0.257. The summed E-state index contributed by atoms with van der Waals surface area (Å²) in [6.07, 6.45) is 0.515. The third kappa shape index (κ3) is 12.0. The van der Waals surface area contributed by atoms with Gasteiger partial charge in [0.2, 0.25) is 0 Å². The smallest absolute Gasteiger partial charge is 0.339 e. The molecule has 24 nitrogen and oxygen atoms in total. The molecule has 0 aromatic heterocycles. The Balaban J connectivity index is 11.0. The summed E-state index contributed by atoms with van der Waals surface area (Å²) in [4.78, 5) is 162. The Morgan fingerprint density at radius 3 is 0.517 bits per heavy atom. The molecule has 0 rings (SSSR count). The normalized spacial score (nSPS) is 12.7. The van der Waals surface area contributed by atoms with Gasteiger partial charge in [-0.05, 0) is 0 Å². The summed E-state index contributed by atoms with van der Waals surface area (Å²) in [6, 6.07) is 0. The molecule has 0 aliphatic heterocycles. The van der Waals surface area contributed by atoms with E-state index >= 15 is 0 Å². The molecule has 24 heteroatoms. The maximum absolute atomic E-state index is 14.1. The second kappa shape index (κ2) is 24.7. The van der Waals surface area contributed by atoms with Gasteiger partial charge in [0, 0.05) is 12.2 Å². The predicted molar refractivity (Wildman–Crippen MR) is 188 cm³/mol. The lowest BCUT2D eigenvalue weighted by molar-refractivity contribution is -0.143. The van der Waals surface area contributed by atoms with Gasteiger partial charge in [0.05, 0.1) is 141 Å². The molecule has 326 valence electrons. The third-order valence-electron chi connectivity index (χ3n) is 7.14. The van der Waals surface area contributed by atoms with Crippen molar-refractivity contribution < 1.29 is 114 Å². The second-order valence-electron chi connectivity index (χ2n) is 10.1. The fourth-order valence-corrected chi connectivity index (χ4v) is 4.52. The van der Waals surface area contributed by atoms with E-state index in [1.807, 2.05) is 0 Å². The van der Waals surface area contributed by atoms with Crippen molar-refractivity contribution in [2.45, 2.75) is 0 Å². The van der Waals surface area contributed by atoms with Gasteiger partial charge in [-0.1, -0.05) is 0 Å². The Labute approximate surface area is 339 Å². The highest BCUT2D eigenvalue weighted by molar-refractivity contribution is 6.26. The number of ether oxygens (including phenoxy) is 12. The Kier molecular flexibility index (Phi) is 21.4. The fourth-order valence-electron chi connectivity index (χ4n) is 4.52. The Morgan fingerprint density at radius 1 is 0.217 bits per heavy atom. The molecule has 0 aliphatic rings. The van der Waals surface area contributed by atoms with Crippen molar-refractivity contribution in [1.29, 1.82) is 0 Å². The summed E-state index contributed by atoms with van der Waals surface area (Å²) in [5, 5.41) is 0. The van der Waals surface area contributed by atoms with E-state index in [0.29, 0.717) is 56.9 Å². The minimum Gasteiger partial charge on any atom is -0.466 e. The van der Waals surface area contributed by atoms with Crippen LogP contribution in [-0.2, 0) is 114 Å². The standard InChI is InChI=1S/C36H38O24/c1-49-17(37)13-15(27(39)51-3)19(29(41)53-5)21(31(43)55-7)23(33(45)57-9)25(35(47)59-11)26(36(48)60-12)24(34(46)58-10)22(32(44)56-8)20(30(42)54-6)16(28(40)52-4)14-18(38)50-2/h13-14H,1-12H3/b15-13+,16-14+,21-19+,22-20+,25-23+,26-24+. The van der Waals surface area contributed by atoms with Crippen LogP contribution in [0.5, 0.6) is 0 Å². The number of hydrogen-bond acceptors (Lipinski definition) is 24. The lowest BCUT2D eigenvalue weighted by atomic mass is 9.83. The van der Waals surface area contributed by atoms with Crippen molar-refractivity contribution >= 4 is 71.6 Å². The first-order chi connectivity index (χ1) is 28.3. The average molecular weight is 855 g/mol. The summed E-state index contributed by atoms with van der Waals surface area (Å²) in [7, 11) is 8.09. The molecule has 0 atom stereocenters. The molecule has 0 N–H and O–H groups in total. The molecule has 60 heavy (non-hydrogen) atoms. The van der Waals surface area contributed by atoms with Gasteiger partial charge in [-0.15, -0.1) is 0 Å².